The molecule has 2 amide bonds. The van der Waals surface area contributed by atoms with Gasteiger partial charge in [-0.25, -0.2) is 19.6 Å². The molecule has 222 valence electrons. The highest BCUT2D eigenvalue weighted by Gasteiger charge is 2.27. The van der Waals surface area contributed by atoms with Crippen LogP contribution in [0.4, 0.5) is 15.7 Å². The van der Waals surface area contributed by atoms with Gasteiger partial charge in [0, 0.05) is 35.7 Å². The van der Waals surface area contributed by atoms with Crippen LogP contribution in [0.2, 0.25) is 0 Å². The Balaban J connectivity index is 1.48. The number of ether oxygens (including phenoxy) is 2. The Kier molecular flexibility index (Phi) is 8.30. The van der Waals surface area contributed by atoms with Gasteiger partial charge in [-0.1, -0.05) is 6.42 Å². The van der Waals surface area contributed by atoms with Gasteiger partial charge in [-0.2, -0.15) is 0 Å². The average Bonchev–Trinajstić information content (AvgIpc) is 3.32. The van der Waals surface area contributed by atoms with E-state index >= 15 is 0 Å². The van der Waals surface area contributed by atoms with Crippen LogP contribution in [0.3, 0.4) is 0 Å². The van der Waals surface area contributed by atoms with E-state index in [9.17, 15) is 19.2 Å². The van der Waals surface area contributed by atoms with E-state index in [0.29, 0.717) is 41.8 Å². The maximum Gasteiger partial charge on any atom is 0.404 e. The zero-order chi connectivity index (χ0) is 30.0. The van der Waals surface area contributed by atoms with Crippen molar-refractivity contribution in [1.82, 2.24) is 14.4 Å². The van der Waals surface area contributed by atoms with E-state index in [0.717, 1.165) is 18.5 Å². The second kappa shape index (κ2) is 11.9. The average molecular weight is 595 g/mol. The molecule has 0 radical (unpaired) electrons. The number of anilines is 2. The zero-order valence-corrected chi connectivity index (χ0v) is 24.6. The first-order chi connectivity index (χ1) is 20.0. The Morgan fingerprint density at radius 3 is 2.64 bits per heavy atom. The predicted octanol–water partition coefficient (Wildman–Crippen LogP) is 4.09. The van der Waals surface area contributed by atoms with E-state index in [1.54, 1.807) is 20.8 Å². The third kappa shape index (κ3) is 6.78. The minimum Gasteiger partial charge on any atom is -0.457 e. The summed E-state index contributed by atoms with van der Waals surface area (Å²) in [5, 5.41) is 5.34. The number of piperidine rings is 1. The highest BCUT2D eigenvalue weighted by atomic mass is 32.1. The molecule has 3 aromatic heterocycles. The van der Waals surface area contributed by atoms with Crippen LogP contribution in [-0.2, 0) is 14.3 Å². The Hall–Kier alpha value is -4.26. The lowest BCUT2D eigenvalue weighted by atomic mass is 9.83. The highest BCUT2D eigenvalue weighted by Crippen LogP contribution is 2.37. The van der Waals surface area contributed by atoms with Gasteiger partial charge in [0.05, 0.1) is 17.8 Å². The minimum absolute atomic E-state index is 0.154. The summed E-state index contributed by atoms with van der Waals surface area (Å²) in [4.78, 5) is 61.7. The van der Waals surface area contributed by atoms with Gasteiger partial charge in [0.2, 0.25) is 0 Å². The van der Waals surface area contributed by atoms with Crippen LogP contribution >= 0.6 is 11.3 Å². The van der Waals surface area contributed by atoms with Crippen molar-refractivity contribution in [2.45, 2.75) is 70.5 Å². The summed E-state index contributed by atoms with van der Waals surface area (Å²) in [6.07, 6.45) is 7.38. The number of hydrogen-bond acceptors (Lipinski definition) is 10. The van der Waals surface area contributed by atoms with Crippen molar-refractivity contribution in [2.24, 2.45) is 5.73 Å². The number of thiazole rings is 1. The van der Waals surface area contributed by atoms with Crippen LogP contribution in [0.25, 0.3) is 11.7 Å². The number of primary amides is 1. The Morgan fingerprint density at radius 2 is 1.95 bits per heavy atom. The van der Waals surface area contributed by atoms with Crippen LogP contribution in [0.1, 0.15) is 80.4 Å². The van der Waals surface area contributed by atoms with Crippen LogP contribution in [0.5, 0.6) is 0 Å². The fourth-order valence-corrected chi connectivity index (χ4v) is 5.74. The zero-order valence-electron chi connectivity index (χ0n) is 23.8. The molecular formula is C29H34N6O6S. The normalized spacial score (nSPS) is 17.7. The number of carbonyl (C=O) groups is 3. The lowest BCUT2D eigenvalue weighted by Crippen LogP contribution is -2.43. The largest absolute Gasteiger partial charge is 0.457 e. The summed E-state index contributed by atoms with van der Waals surface area (Å²) >= 11 is 1.38. The second-order valence-electron chi connectivity index (χ2n) is 11.5. The third-order valence-corrected chi connectivity index (χ3v) is 7.90. The SMILES string of the molecule is CC(C)(C)OC(=O)/C=C/c1c(N2CCCC(OC(N)=O)C2)nc2cc(C(=O)Nc3nc(C4CCC4)cs3)ccn2c1=O. The number of nitrogens with two attached hydrogens (primary N) is 1. The minimum atomic E-state index is -0.880. The maximum absolute atomic E-state index is 13.7. The van der Waals surface area contributed by atoms with Gasteiger partial charge in [0.25, 0.3) is 11.5 Å². The van der Waals surface area contributed by atoms with Crippen molar-refractivity contribution in [2.75, 3.05) is 23.3 Å². The predicted molar refractivity (Wildman–Crippen MR) is 159 cm³/mol. The van der Waals surface area contributed by atoms with E-state index in [1.807, 2.05) is 10.3 Å². The van der Waals surface area contributed by atoms with E-state index in [2.05, 4.69) is 10.3 Å². The molecule has 0 bridgehead atoms. The number of nitrogens with zero attached hydrogens (tertiary/aromatic N) is 4. The standard InChI is InChI=1S/C29H34N6O6S/c1-29(2,3)41-23(36)10-9-20-24(34-12-5-8-19(15-34)40-27(30)39)32-22-14-18(11-13-35(22)26(20)38)25(37)33-28-31-21(16-42-28)17-6-4-7-17/h9-11,13-14,16-17,19H,4-8,12,15H2,1-3H3,(H2,30,39)(H,31,33,37)/b10-9+. The molecule has 5 rings (SSSR count). The summed E-state index contributed by atoms with van der Waals surface area (Å²) in [7, 11) is 0. The molecule has 3 N–H and O–H groups in total. The van der Waals surface area contributed by atoms with Gasteiger partial charge in [-0.15, -0.1) is 11.3 Å². The van der Waals surface area contributed by atoms with E-state index in [4.69, 9.17) is 20.2 Å². The second-order valence-corrected chi connectivity index (χ2v) is 12.3. The van der Waals surface area contributed by atoms with E-state index in [-0.39, 0.29) is 23.7 Å². The van der Waals surface area contributed by atoms with Crippen LogP contribution in [0, 0.1) is 0 Å². The molecule has 4 heterocycles. The number of rotatable bonds is 7. The molecule has 1 aliphatic carbocycles. The quantitative estimate of drug-likeness (QED) is 0.304. The smallest absolute Gasteiger partial charge is 0.404 e. The van der Waals surface area contributed by atoms with Crippen molar-refractivity contribution in [3.05, 3.63) is 57.0 Å². The van der Waals surface area contributed by atoms with Gasteiger partial charge in [0.15, 0.2) is 5.13 Å². The third-order valence-electron chi connectivity index (χ3n) is 7.13. The van der Waals surface area contributed by atoms with Gasteiger partial charge >= 0.3 is 12.1 Å². The molecule has 3 aromatic rings. The lowest BCUT2D eigenvalue weighted by Gasteiger charge is -2.33. The fourth-order valence-electron chi connectivity index (χ4n) is 4.95. The Morgan fingerprint density at radius 1 is 1.17 bits per heavy atom. The monoisotopic (exact) mass is 594 g/mol. The molecule has 1 atom stereocenters. The summed E-state index contributed by atoms with van der Waals surface area (Å²) < 4.78 is 11.9. The van der Waals surface area contributed by atoms with Gasteiger partial charge < -0.3 is 20.1 Å². The molecule has 12 nitrogen and oxygen atoms in total. The molecule has 1 saturated carbocycles. The van der Waals surface area contributed by atoms with Gasteiger partial charge in [-0.05, 0) is 64.7 Å². The lowest BCUT2D eigenvalue weighted by molar-refractivity contribution is -0.148. The van der Waals surface area contributed by atoms with Gasteiger partial charge in [0.1, 0.15) is 23.2 Å². The highest BCUT2D eigenvalue weighted by molar-refractivity contribution is 7.14. The Labute approximate surface area is 246 Å². The molecule has 2 fully saturated rings. The van der Waals surface area contributed by atoms with Crippen molar-refractivity contribution < 1.29 is 23.9 Å². The molecule has 0 aromatic carbocycles. The van der Waals surface area contributed by atoms with Gasteiger partial charge in [-0.3, -0.25) is 19.3 Å². The number of hydrogen-bond donors (Lipinski definition) is 2. The maximum atomic E-state index is 13.7. The van der Waals surface area contributed by atoms with Crippen molar-refractivity contribution in [3.8, 4) is 0 Å². The van der Waals surface area contributed by atoms with Crippen LogP contribution in [0.15, 0.2) is 34.6 Å². The Bertz CT molecular complexity index is 1600. The number of carbonyl (C=O) groups excluding carboxylic acids is 3. The number of aromatic nitrogens is 3. The molecule has 1 saturated heterocycles. The molecule has 1 aliphatic heterocycles. The first-order valence-electron chi connectivity index (χ1n) is 13.9. The first-order valence-corrected chi connectivity index (χ1v) is 14.8. The molecule has 0 spiro atoms. The number of esters is 1. The summed E-state index contributed by atoms with van der Waals surface area (Å²) in [5.74, 6) is -0.227. The molecular weight excluding hydrogens is 560 g/mol. The summed E-state index contributed by atoms with van der Waals surface area (Å²) in [5.41, 5.74) is 5.80. The van der Waals surface area contributed by atoms with Crippen molar-refractivity contribution in [3.63, 3.8) is 0 Å². The van der Waals surface area contributed by atoms with Crippen LogP contribution in [-0.4, -0.2) is 57.1 Å². The number of fused-ring (bicyclic) bond motifs is 1. The fraction of sp³-hybridized carbons (Fsp3) is 0.448. The van der Waals surface area contributed by atoms with E-state index in [1.165, 1.54) is 52.6 Å². The summed E-state index contributed by atoms with van der Waals surface area (Å²) in [6.45, 7) is 6.03. The molecule has 2 aliphatic rings. The summed E-state index contributed by atoms with van der Waals surface area (Å²) in [6, 6.07) is 3.06. The topological polar surface area (TPSA) is 158 Å². The van der Waals surface area contributed by atoms with Crippen LogP contribution < -0.4 is 21.5 Å². The van der Waals surface area contributed by atoms with E-state index < -0.39 is 29.3 Å². The van der Waals surface area contributed by atoms with Crippen molar-refractivity contribution in [1.29, 1.82) is 0 Å². The first kappa shape index (κ1) is 29.2. The molecule has 1 unspecified atom stereocenters. The molecule has 13 heteroatoms. The van der Waals surface area contributed by atoms with Crippen molar-refractivity contribution >= 4 is 52.0 Å². The number of amides is 2. The number of nitrogens with one attached hydrogen (secondary N) is 1. The number of pyridine rings is 1. The molecule has 42 heavy (non-hydrogen) atoms.